The molecule has 1 atom stereocenters. The summed E-state index contributed by atoms with van der Waals surface area (Å²) in [5.41, 5.74) is 2.24. The third-order valence-electron chi connectivity index (χ3n) is 3.65. The molecule has 1 aliphatic rings. The van der Waals surface area contributed by atoms with Crippen molar-refractivity contribution in [3.05, 3.63) is 24.0 Å². The van der Waals surface area contributed by atoms with Crippen molar-refractivity contribution < 1.29 is 5.11 Å². The molecule has 1 aliphatic carbocycles. The molecule has 4 heteroatoms. The maximum absolute atomic E-state index is 9.15. The van der Waals surface area contributed by atoms with Crippen LogP contribution in [0.2, 0.25) is 0 Å². The molecule has 2 N–H and O–H groups in total. The summed E-state index contributed by atoms with van der Waals surface area (Å²) in [6.45, 7) is 6.16. The van der Waals surface area contributed by atoms with Crippen molar-refractivity contribution in [2.24, 2.45) is 0 Å². The van der Waals surface area contributed by atoms with Crippen molar-refractivity contribution in [3.63, 3.8) is 0 Å². The highest BCUT2D eigenvalue weighted by atomic mass is 16.3. The van der Waals surface area contributed by atoms with E-state index in [-0.39, 0.29) is 6.61 Å². The van der Waals surface area contributed by atoms with Gasteiger partial charge in [-0.25, -0.2) is 0 Å². The molecule has 0 spiro atoms. The number of rotatable bonds is 8. The quantitative estimate of drug-likeness (QED) is 0.754. The van der Waals surface area contributed by atoms with E-state index >= 15 is 0 Å². The van der Waals surface area contributed by atoms with Gasteiger partial charge >= 0.3 is 0 Å². The van der Waals surface area contributed by atoms with Gasteiger partial charge in [0.2, 0.25) is 0 Å². The van der Waals surface area contributed by atoms with Crippen LogP contribution in [-0.2, 0) is 0 Å². The van der Waals surface area contributed by atoms with Gasteiger partial charge in [0.1, 0.15) is 0 Å². The molecular weight excluding hydrogens is 238 g/mol. The minimum Gasteiger partial charge on any atom is -0.395 e. The van der Waals surface area contributed by atoms with Crippen LogP contribution in [-0.4, -0.2) is 35.8 Å². The van der Waals surface area contributed by atoms with Gasteiger partial charge in [-0.05, 0) is 37.9 Å². The van der Waals surface area contributed by atoms with Crippen LogP contribution in [0.4, 0.5) is 5.69 Å². The Hall–Kier alpha value is -1.13. The minimum atomic E-state index is 0.202. The fraction of sp³-hybridized carbons (Fsp3) is 0.667. The Labute approximate surface area is 115 Å². The molecule has 0 saturated heterocycles. The van der Waals surface area contributed by atoms with Crippen LogP contribution < -0.4 is 10.2 Å². The molecule has 106 valence electrons. The predicted octanol–water partition coefficient (Wildman–Crippen LogP) is 2.10. The van der Waals surface area contributed by atoms with Gasteiger partial charge in [-0.1, -0.05) is 13.8 Å². The van der Waals surface area contributed by atoms with Crippen LogP contribution in [0, 0.1) is 0 Å². The maximum Gasteiger partial charge on any atom is 0.0606 e. The average molecular weight is 263 g/mol. The number of aromatic nitrogens is 1. The Morgan fingerprint density at radius 3 is 2.68 bits per heavy atom. The first-order valence-corrected chi connectivity index (χ1v) is 7.37. The SMILES string of the molecule is CCNC(CC)c1ccc(N(CCO)C2CC2)cn1. The van der Waals surface area contributed by atoms with Crippen LogP contribution in [0.3, 0.4) is 0 Å². The lowest BCUT2D eigenvalue weighted by atomic mass is 10.1. The van der Waals surface area contributed by atoms with Gasteiger partial charge in [-0.15, -0.1) is 0 Å². The van der Waals surface area contributed by atoms with E-state index in [1.807, 2.05) is 6.20 Å². The molecule has 0 radical (unpaired) electrons. The standard InChI is InChI=1S/C15H25N3O/c1-3-14(16-4-2)15-8-7-13(11-17-15)18(9-10-19)12-5-6-12/h7-8,11-12,14,16,19H,3-6,9-10H2,1-2H3. The first kappa shape index (κ1) is 14.3. The van der Waals surface area contributed by atoms with E-state index in [1.165, 1.54) is 12.8 Å². The Balaban J connectivity index is 2.07. The number of anilines is 1. The van der Waals surface area contributed by atoms with E-state index in [1.54, 1.807) is 0 Å². The van der Waals surface area contributed by atoms with E-state index in [0.29, 0.717) is 18.6 Å². The smallest absolute Gasteiger partial charge is 0.0606 e. The zero-order chi connectivity index (χ0) is 13.7. The molecule has 1 aromatic rings. The summed E-state index contributed by atoms with van der Waals surface area (Å²) in [7, 11) is 0. The van der Waals surface area contributed by atoms with Gasteiger partial charge in [0.25, 0.3) is 0 Å². The third-order valence-corrected chi connectivity index (χ3v) is 3.65. The molecule has 1 saturated carbocycles. The van der Waals surface area contributed by atoms with Crippen molar-refractivity contribution in [1.82, 2.24) is 10.3 Å². The normalized spacial score (nSPS) is 16.4. The average Bonchev–Trinajstić information content (AvgIpc) is 3.27. The van der Waals surface area contributed by atoms with Gasteiger partial charge in [0.15, 0.2) is 0 Å². The van der Waals surface area contributed by atoms with E-state index in [2.05, 4.69) is 41.2 Å². The van der Waals surface area contributed by atoms with Crippen LogP contribution in [0.1, 0.15) is 44.8 Å². The monoisotopic (exact) mass is 263 g/mol. The number of nitrogens with one attached hydrogen (secondary N) is 1. The summed E-state index contributed by atoms with van der Waals surface area (Å²) in [5.74, 6) is 0. The molecule has 19 heavy (non-hydrogen) atoms. The number of nitrogens with zero attached hydrogens (tertiary/aromatic N) is 2. The predicted molar refractivity (Wildman–Crippen MR) is 78.4 cm³/mol. The van der Waals surface area contributed by atoms with Crippen LogP contribution in [0.15, 0.2) is 18.3 Å². The number of pyridine rings is 1. The highest BCUT2D eigenvalue weighted by Crippen LogP contribution is 2.31. The van der Waals surface area contributed by atoms with Crippen molar-refractivity contribution in [1.29, 1.82) is 0 Å². The molecule has 1 aromatic heterocycles. The number of aliphatic hydroxyl groups excluding tert-OH is 1. The maximum atomic E-state index is 9.15. The largest absolute Gasteiger partial charge is 0.395 e. The zero-order valence-corrected chi connectivity index (χ0v) is 12.0. The van der Waals surface area contributed by atoms with Crippen LogP contribution in [0.25, 0.3) is 0 Å². The molecule has 0 bridgehead atoms. The summed E-state index contributed by atoms with van der Waals surface area (Å²) in [6.07, 6.45) is 5.46. The summed E-state index contributed by atoms with van der Waals surface area (Å²) < 4.78 is 0. The second-order valence-electron chi connectivity index (χ2n) is 5.11. The Bertz CT molecular complexity index is 375. The molecule has 1 unspecified atom stereocenters. The Morgan fingerprint density at radius 2 is 2.21 bits per heavy atom. The van der Waals surface area contributed by atoms with E-state index in [9.17, 15) is 0 Å². The Kier molecular flexibility index (Phi) is 5.16. The van der Waals surface area contributed by atoms with E-state index in [4.69, 9.17) is 5.11 Å². The minimum absolute atomic E-state index is 0.202. The molecule has 0 aromatic carbocycles. The van der Waals surface area contributed by atoms with Crippen molar-refractivity contribution >= 4 is 5.69 Å². The number of aliphatic hydroxyl groups is 1. The topological polar surface area (TPSA) is 48.4 Å². The molecule has 1 heterocycles. The fourth-order valence-electron chi connectivity index (χ4n) is 2.49. The summed E-state index contributed by atoms with van der Waals surface area (Å²) in [5, 5.41) is 12.6. The number of hydrogen-bond acceptors (Lipinski definition) is 4. The molecule has 0 amide bonds. The summed E-state index contributed by atoms with van der Waals surface area (Å²) in [6, 6.07) is 5.19. The lowest BCUT2D eigenvalue weighted by molar-refractivity contribution is 0.301. The van der Waals surface area contributed by atoms with E-state index in [0.717, 1.165) is 24.3 Å². The van der Waals surface area contributed by atoms with Gasteiger partial charge in [0.05, 0.1) is 24.2 Å². The number of hydrogen-bond donors (Lipinski definition) is 2. The zero-order valence-electron chi connectivity index (χ0n) is 12.0. The second-order valence-corrected chi connectivity index (χ2v) is 5.11. The van der Waals surface area contributed by atoms with Crippen LogP contribution >= 0.6 is 0 Å². The lowest BCUT2D eigenvalue weighted by Gasteiger charge is -2.24. The van der Waals surface area contributed by atoms with Crippen molar-refractivity contribution in [2.45, 2.75) is 45.2 Å². The van der Waals surface area contributed by atoms with Gasteiger partial charge < -0.3 is 15.3 Å². The first-order chi connectivity index (χ1) is 9.30. The van der Waals surface area contributed by atoms with Crippen LogP contribution in [0.5, 0.6) is 0 Å². The van der Waals surface area contributed by atoms with Crippen molar-refractivity contribution in [2.75, 3.05) is 24.6 Å². The second kappa shape index (κ2) is 6.87. The lowest BCUT2D eigenvalue weighted by Crippen LogP contribution is -2.29. The summed E-state index contributed by atoms with van der Waals surface area (Å²) >= 11 is 0. The fourth-order valence-corrected chi connectivity index (χ4v) is 2.49. The first-order valence-electron chi connectivity index (χ1n) is 7.37. The van der Waals surface area contributed by atoms with E-state index < -0.39 is 0 Å². The molecule has 0 aliphatic heterocycles. The van der Waals surface area contributed by atoms with Gasteiger partial charge in [0, 0.05) is 18.6 Å². The molecule has 1 fully saturated rings. The Morgan fingerprint density at radius 1 is 1.42 bits per heavy atom. The van der Waals surface area contributed by atoms with Gasteiger partial charge in [-0.2, -0.15) is 0 Å². The molecule has 2 rings (SSSR count). The molecule has 4 nitrogen and oxygen atoms in total. The third kappa shape index (κ3) is 3.67. The molecular formula is C15H25N3O. The highest BCUT2D eigenvalue weighted by molar-refractivity contribution is 5.47. The highest BCUT2D eigenvalue weighted by Gasteiger charge is 2.29. The van der Waals surface area contributed by atoms with Crippen molar-refractivity contribution in [3.8, 4) is 0 Å². The summed E-state index contributed by atoms with van der Waals surface area (Å²) in [4.78, 5) is 6.86. The van der Waals surface area contributed by atoms with Gasteiger partial charge in [-0.3, -0.25) is 4.98 Å².